The van der Waals surface area contributed by atoms with Gasteiger partial charge in [-0.1, -0.05) is 31.5 Å². The lowest BCUT2D eigenvalue weighted by Gasteiger charge is -2.08. The number of hydrogen-bond donors (Lipinski definition) is 1. The number of nitrogen functional groups attached to an aromatic ring is 1. The first kappa shape index (κ1) is 9.77. The summed E-state index contributed by atoms with van der Waals surface area (Å²) >= 11 is 0. The van der Waals surface area contributed by atoms with Gasteiger partial charge >= 0.3 is 0 Å². The second kappa shape index (κ2) is 3.77. The number of aromatic nitrogens is 1. The Kier molecular flexibility index (Phi) is 2.46. The molecule has 3 nitrogen and oxygen atoms in total. The van der Waals surface area contributed by atoms with Crippen molar-refractivity contribution in [2.45, 2.75) is 19.8 Å². The van der Waals surface area contributed by atoms with E-state index in [0.29, 0.717) is 5.39 Å². The largest absolute Gasteiger partial charge is 0.336 e. The number of rotatable bonds is 2. The first-order valence-corrected chi connectivity index (χ1v) is 5.12. The normalized spacial score (nSPS) is 10.7. The Bertz CT molecular complexity index is 543. The van der Waals surface area contributed by atoms with E-state index in [1.807, 2.05) is 24.3 Å². The lowest BCUT2D eigenvalue weighted by molar-refractivity contribution is 0.793. The molecule has 0 radical (unpaired) electrons. The van der Waals surface area contributed by atoms with Crippen molar-refractivity contribution >= 4 is 10.8 Å². The summed E-state index contributed by atoms with van der Waals surface area (Å²) < 4.78 is 1.26. The topological polar surface area (TPSA) is 48.0 Å². The van der Waals surface area contributed by atoms with Gasteiger partial charge in [0.2, 0.25) is 0 Å². The summed E-state index contributed by atoms with van der Waals surface area (Å²) in [5, 5.41) is 1.65. The molecule has 0 aliphatic carbocycles. The third-order valence-corrected chi connectivity index (χ3v) is 2.55. The molecule has 15 heavy (non-hydrogen) atoms. The summed E-state index contributed by atoms with van der Waals surface area (Å²) in [7, 11) is 0. The van der Waals surface area contributed by atoms with Crippen molar-refractivity contribution in [3.63, 3.8) is 0 Å². The molecule has 1 aromatic heterocycles. The average molecular weight is 202 g/mol. The molecule has 0 aliphatic rings. The van der Waals surface area contributed by atoms with E-state index in [4.69, 9.17) is 5.84 Å². The molecule has 1 aromatic carbocycles. The highest BCUT2D eigenvalue weighted by Gasteiger charge is 2.05. The molecule has 0 saturated heterocycles. The number of fused-ring (bicyclic) bond motifs is 1. The van der Waals surface area contributed by atoms with Gasteiger partial charge in [0.1, 0.15) is 0 Å². The Morgan fingerprint density at radius 3 is 2.80 bits per heavy atom. The SMILES string of the molecule is CCCc1cc2ccccc2c(=O)n1N. The standard InChI is InChI=1S/C12H14N2O/c1-2-5-10-8-9-6-3-4-7-11(9)12(15)14(10)13/h3-4,6-8H,2,5,13H2,1H3. The third-order valence-electron chi connectivity index (χ3n) is 2.55. The molecule has 1 heterocycles. The molecule has 0 amide bonds. The highest BCUT2D eigenvalue weighted by atomic mass is 16.1. The van der Waals surface area contributed by atoms with Gasteiger partial charge in [0, 0.05) is 11.1 Å². The van der Waals surface area contributed by atoms with Crippen molar-refractivity contribution in [1.82, 2.24) is 4.68 Å². The molecule has 2 rings (SSSR count). The van der Waals surface area contributed by atoms with E-state index >= 15 is 0 Å². The third kappa shape index (κ3) is 1.61. The smallest absolute Gasteiger partial charge is 0.276 e. The molecule has 3 heteroatoms. The van der Waals surface area contributed by atoms with Crippen LogP contribution in [0.3, 0.4) is 0 Å². The quantitative estimate of drug-likeness (QED) is 0.753. The van der Waals surface area contributed by atoms with Crippen LogP contribution in [0.4, 0.5) is 0 Å². The van der Waals surface area contributed by atoms with Crippen molar-refractivity contribution in [3.05, 3.63) is 46.4 Å². The number of pyridine rings is 1. The van der Waals surface area contributed by atoms with E-state index < -0.39 is 0 Å². The fourth-order valence-corrected chi connectivity index (χ4v) is 1.78. The van der Waals surface area contributed by atoms with Crippen LogP contribution in [0.2, 0.25) is 0 Å². The highest BCUT2D eigenvalue weighted by Crippen LogP contribution is 2.11. The van der Waals surface area contributed by atoms with Crippen LogP contribution < -0.4 is 11.4 Å². The summed E-state index contributed by atoms with van der Waals surface area (Å²) in [6, 6.07) is 9.51. The van der Waals surface area contributed by atoms with Crippen molar-refractivity contribution in [3.8, 4) is 0 Å². The van der Waals surface area contributed by atoms with Gasteiger partial charge in [-0.2, -0.15) is 0 Å². The molecular formula is C12H14N2O. The van der Waals surface area contributed by atoms with Crippen LogP contribution in [0, 0.1) is 0 Å². The van der Waals surface area contributed by atoms with E-state index in [9.17, 15) is 4.79 Å². The molecule has 2 aromatic rings. The van der Waals surface area contributed by atoms with E-state index in [2.05, 4.69) is 6.92 Å². The van der Waals surface area contributed by atoms with Gasteiger partial charge in [-0.15, -0.1) is 0 Å². The molecule has 2 N–H and O–H groups in total. The average Bonchev–Trinajstić information content (AvgIpc) is 2.26. The zero-order chi connectivity index (χ0) is 10.8. The van der Waals surface area contributed by atoms with Gasteiger partial charge in [0.25, 0.3) is 5.56 Å². The Morgan fingerprint density at radius 1 is 1.33 bits per heavy atom. The summed E-state index contributed by atoms with van der Waals surface area (Å²) in [5.74, 6) is 5.74. The van der Waals surface area contributed by atoms with Gasteiger partial charge in [-0.25, -0.2) is 4.68 Å². The van der Waals surface area contributed by atoms with E-state index in [1.165, 1.54) is 4.68 Å². The van der Waals surface area contributed by atoms with Gasteiger partial charge in [-0.3, -0.25) is 4.79 Å². The van der Waals surface area contributed by atoms with E-state index in [0.717, 1.165) is 23.9 Å². The molecule has 0 atom stereocenters. The Labute approximate surface area is 88.1 Å². The van der Waals surface area contributed by atoms with E-state index in [-0.39, 0.29) is 5.56 Å². The fourth-order valence-electron chi connectivity index (χ4n) is 1.78. The Morgan fingerprint density at radius 2 is 2.07 bits per heavy atom. The van der Waals surface area contributed by atoms with Crippen LogP contribution in [0.15, 0.2) is 35.1 Å². The van der Waals surface area contributed by atoms with Crippen LogP contribution in [0.25, 0.3) is 10.8 Å². The number of benzene rings is 1. The zero-order valence-electron chi connectivity index (χ0n) is 8.73. The minimum absolute atomic E-state index is 0.114. The molecule has 0 bridgehead atoms. The van der Waals surface area contributed by atoms with Gasteiger partial charge in [0.15, 0.2) is 0 Å². The molecule has 78 valence electrons. The van der Waals surface area contributed by atoms with Crippen molar-refractivity contribution < 1.29 is 0 Å². The first-order valence-electron chi connectivity index (χ1n) is 5.12. The van der Waals surface area contributed by atoms with Crippen molar-refractivity contribution in [1.29, 1.82) is 0 Å². The Hall–Kier alpha value is -1.77. The highest BCUT2D eigenvalue weighted by molar-refractivity contribution is 5.81. The van der Waals surface area contributed by atoms with Crippen LogP contribution >= 0.6 is 0 Å². The molecule has 0 saturated carbocycles. The number of nitrogens with zero attached hydrogens (tertiary/aromatic N) is 1. The van der Waals surface area contributed by atoms with Gasteiger partial charge in [-0.05, 0) is 23.9 Å². The minimum atomic E-state index is -0.114. The number of aryl methyl sites for hydroxylation is 1. The van der Waals surface area contributed by atoms with Crippen molar-refractivity contribution in [2.24, 2.45) is 0 Å². The predicted molar refractivity (Wildman–Crippen MR) is 62.4 cm³/mol. The molecule has 0 aliphatic heterocycles. The lowest BCUT2D eigenvalue weighted by atomic mass is 10.1. The van der Waals surface area contributed by atoms with Crippen LogP contribution in [-0.2, 0) is 6.42 Å². The predicted octanol–water partition coefficient (Wildman–Crippen LogP) is 1.67. The summed E-state index contributed by atoms with van der Waals surface area (Å²) in [5.41, 5.74) is 0.776. The molecule has 0 spiro atoms. The summed E-state index contributed by atoms with van der Waals surface area (Å²) in [6.07, 6.45) is 1.81. The maximum atomic E-state index is 11.9. The summed E-state index contributed by atoms with van der Waals surface area (Å²) in [4.78, 5) is 11.9. The number of hydrogen-bond acceptors (Lipinski definition) is 2. The molecular weight excluding hydrogens is 188 g/mol. The maximum absolute atomic E-state index is 11.9. The van der Waals surface area contributed by atoms with Crippen LogP contribution in [-0.4, -0.2) is 4.68 Å². The fraction of sp³-hybridized carbons (Fsp3) is 0.250. The lowest BCUT2D eigenvalue weighted by Crippen LogP contribution is -2.30. The number of nitrogens with two attached hydrogens (primary N) is 1. The maximum Gasteiger partial charge on any atom is 0.276 e. The molecule has 0 fully saturated rings. The van der Waals surface area contributed by atoms with Gasteiger partial charge in [0.05, 0.1) is 0 Å². The van der Waals surface area contributed by atoms with Crippen LogP contribution in [0.5, 0.6) is 0 Å². The molecule has 0 unspecified atom stereocenters. The van der Waals surface area contributed by atoms with Gasteiger partial charge < -0.3 is 5.84 Å². The minimum Gasteiger partial charge on any atom is -0.336 e. The monoisotopic (exact) mass is 202 g/mol. The zero-order valence-corrected chi connectivity index (χ0v) is 8.73. The van der Waals surface area contributed by atoms with E-state index in [1.54, 1.807) is 6.07 Å². The second-order valence-electron chi connectivity index (χ2n) is 3.65. The Balaban J connectivity index is 2.77. The second-order valence-corrected chi connectivity index (χ2v) is 3.65. The van der Waals surface area contributed by atoms with Crippen molar-refractivity contribution in [2.75, 3.05) is 5.84 Å². The van der Waals surface area contributed by atoms with Crippen LogP contribution in [0.1, 0.15) is 19.0 Å². The first-order chi connectivity index (χ1) is 7.24. The summed E-state index contributed by atoms with van der Waals surface area (Å²) in [6.45, 7) is 2.07.